The first-order valence-corrected chi connectivity index (χ1v) is 7.60. The number of ether oxygens (including phenoxy) is 2. The summed E-state index contributed by atoms with van der Waals surface area (Å²) in [5.74, 6) is 1.46. The number of hydrogen-bond acceptors (Lipinski definition) is 3. The number of benzene rings is 1. The number of nitrogens with one attached hydrogen (secondary N) is 2. The van der Waals surface area contributed by atoms with Crippen molar-refractivity contribution in [3.8, 4) is 11.5 Å². The number of alkyl halides is 2. The molecule has 1 aromatic rings. The Kier molecular flexibility index (Phi) is 11.4. The zero-order chi connectivity index (χ0) is 17.2. The lowest BCUT2D eigenvalue weighted by atomic mass is 10.2. The lowest BCUT2D eigenvalue weighted by Crippen LogP contribution is -2.39. The fourth-order valence-electron chi connectivity index (χ4n) is 1.82. The zero-order valence-electron chi connectivity index (χ0n) is 14.4. The number of hydrogen-bond donors (Lipinski definition) is 2. The number of nitrogens with zero attached hydrogens (tertiary/aromatic N) is 1. The van der Waals surface area contributed by atoms with Crippen LogP contribution in [0.4, 0.5) is 8.78 Å². The maximum absolute atomic E-state index is 12.4. The highest BCUT2D eigenvalue weighted by atomic mass is 127. The molecule has 1 rings (SSSR count). The molecule has 0 bridgehead atoms. The second kappa shape index (κ2) is 12.1. The number of methoxy groups -OCH3 is 1. The van der Waals surface area contributed by atoms with Gasteiger partial charge in [-0.25, -0.2) is 4.99 Å². The molecule has 0 aliphatic heterocycles. The van der Waals surface area contributed by atoms with Gasteiger partial charge in [0.1, 0.15) is 0 Å². The van der Waals surface area contributed by atoms with Gasteiger partial charge in [-0.15, -0.1) is 24.0 Å². The molecule has 0 atom stereocenters. The third-order valence-electron chi connectivity index (χ3n) is 2.89. The first kappa shape index (κ1) is 22.7. The first-order valence-electron chi connectivity index (χ1n) is 7.60. The van der Waals surface area contributed by atoms with E-state index in [0.717, 1.165) is 18.7 Å². The van der Waals surface area contributed by atoms with E-state index in [-0.39, 0.29) is 35.5 Å². The second-order valence-electron chi connectivity index (χ2n) is 5.33. The third kappa shape index (κ3) is 8.51. The van der Waals surface area contributed by atoms with Crippen LogP contribution in [0.1, 0.15) is 26.3 Å². The molecule has 1 aromatic carbocycles. The summed E-state index contributed by atoms with van der Waals surface area (Å²) in [4.78, 5) is 4.44. The Bertz CT molecular complexity index is 514. The van der Waals surface area contributed by atoms with Gasteiger partial charge in [-0.3, -0.25) is 0 Å². The molecular formula is C16H26F2IN3O2. The summed E-state index contributed by atoms with van der Waals surface area (Å²) in [7, 11) is 1.41. The van der Waals surface area contributed by atoms with E-state index < -0.39 is 6.61 Å². The van der Waals surface area contributed by atoms with Gasteiger partial charge >= 0.3 is 6.61 Å². The lowest BCUT2D eigenvalue weighted by molar-refractivity contribution is -0.0512. The number of rotatable bonds is 8. The molecule has 2 N–H and O–H groups in total. The van der Waals surface area contributed by atoms with Gasteiger partial charge in [0.2, 0.25) is 0 Å². The average Bonchev–Trinajstić information content (AvgIpc) is 2.49. The van der Waals surface area contributed by atoms with Gasteiger partial charge in [-0.1, -0.05) is 19.9 Å². The minimum atomic E-state index is -2.90. The Hall–Kier alpha value is -1.32. The Labute approximate surface area is 159 Å². The Morgan fingerprint density at radius 1 is 1.21 bits per heavy atom. The quantitative estimate of drug-likeness (QED) is 0.356. The van der Waals surface area contributed by atoms with Gasteiger partial charge < -0.3 is 20.1 Å². The van der Waals surface area contributed by atoms with Crippen molar-refractivity contribution < 1.29 is 18.3 Å². The van der Waals surface area contributed by atoms with Crippen LogP contribution in [-0.2, 0) is 6.54 Å². The minimum absolute atomic E-state index is 0. The van der Waals surface area contributed by atoms with Crippen molar-refractivity contribution in [2.24, 2.45) is 10.9 Å². The van der Waals surface area contributed by atoms with E-state index in [4.69, 9.17) is 4.74 Å². The van der Waals surface area contributed by atoms with E-state index in [1.165, 1.54) is 13.2 Å². The summed E-state index contributed by atoms with van der Waals surface area (Å²) < 4.78 is 34.4. The molecular weight excluding hydrogens is 431 g/mol. The van der Waals surface area contributed by atoms with Gasteiger partial charge in [0, 0.05) is 13.1 Å². The molecule has 0 spiro atoms. The molecule has 0 aromatic heterocycles. The van der Waals surface area contributed by atoms with E-state index in [0.29, 0.717) is 18.4 Å². The van der Waals surface area contributed by atoms with Crippen molar-refractivity contribution in [3.63, 3.8) is 0 Å². The average molecular weight is 457 g/mol. The maximum Gasteiger partial charge on any atom is 0.387 e. The molecule has 0 saturated heterocycles. The van der Waals surface area contributed by atoms with Crippen LogP contribution >= 0.6 is 24.0 Å². The van der Waals surface area contributed by atoms with Crippen LogP contribution in [0.3, 0.4) is 0 Å². The summed E-state index contributed by atoms with van der Waals surface area (Å²) >= 11 is 0. The monoisotopic (exact) mass is 457 g/mol. The van der Waals surface area contributed by atoms with Gasteiger partial charge in [-0.05, 0) is 30.5 Å². The molecule has 138 valence electrons. The van der Waals surface area contributed by atoms with E-state index >= 15 is 0 Å². The number of guanidine groups is 1. The topological polar surface area (TPSA) is 54.9 Å². The minimum Gasteiger partial charge on any atom is -0.493 e. The van der Waals surface area contributed by atoms with Crippen LogP contribution in [0.2, 0.25) is 0 Å². The van der Waals surface area contributed by atoms with Gasteiger partial charge in [0.15, 0.2) is 17.5 Å². The van der Waals surface area contributed by atoms with Crippen LogP contribution in [0, 0.1) is 5.92 Å². The normalized spacial score (nSPS) is 11.2. The summed E-state index contributed by atoms with van der Waals surface area (Å²) in [5.41, 5.74) is 0.753. The Morgan fingerprint density at radius 3 is 2.46 bits per heavy atom. The first-order chi connectivity index (χ1) is 11.0. The fraction of sp³-hybridized carbons (Fsp3) is 0.562. The molecule has 8 heteroatoms. The molecule has 5 nitrogen and oxygen atoms in total. The summed E-state index contributed by atoms with van der Waals surface area (Å²) in [6.07, 6.45) is 0. The van der Waals surface area contributed by atoms with Gasteiger partial charge in [0.25, 0.3) is 0 Å². The molecule has 0 fully saturated rings. The van der Waals surface area contributed by atoms with Crippen LogP contribution in [0.25, 0.3) is 0 Å². The van der Waals surface area contributed by atoms with E-state index in [1.807, 2.05) is 6.92 Å². The van der Waals surface area contributed by atoms with E-state index in [9.17, 15) is 8.78 Å². The maximum atomic E-state index is 12.4. The van der Waals surface area contributed by atoms with Crippen LogP contribution in [0.15, 0.2) is 23.2 Å². The second-order valence-corrected chi connectivity index (χ2v) is 5.33. The van der Waals surface area contributed by atoms with Crippen LogP contribution < -0.4 is 20.1 Å². The smallest absolute Gasteiger partial charge is 0.387 e. The Balaban J connectivity index is 0.00000529. The molecule has 0 radical (unpaired) electrons. The van der Waals surface area contributed by atoms with Crippen molar-refractivity contribution in [2.45, 2.75) is 33.9 Å². The molecule has 0 aliphatic carbocycles. The van der Waals surface area contributed by atoms with E-state index in [2.05, 4.69) is 34.2 Å². The van der Waals surface area contributed by atoms with Crippen molar-refractivity contribution in [2.75, 3.05) is 20.2 Å². The lowest BCUT2D eigenvalue weighted by Gasteiger charge is -2.14. The molecule has 0 aliphatic rings. The standard InChI is InChI=1S/C16H25F2N3O2.HI/c1-5-19-16(20-9-11(2)3)21-10-12-6-7-13(22-4)14(8-12)23-15(17)18;/h6-8,11,15H,5,9-10H2,1-4H3,(H2,19,20,21);1H. The van der Waals surface area contributed by atoms with Crippen molar-refractivity contribution in [1.29, 1.82) is 0 Å². The fourth-order valence-corrected chi connectivity index (χ4v) is 1.82. The molecule has 0 amide bonds. The van der Waals surface area contributed by atoms with Crippen LogP contribution in [0.5, 0.6) is 11.5 Å². The predicted molar refractivity (Wildman–Crippen MR) is 103 cm³/mol. The predicted octanol–water partition coefficient (Wildman–Crippen LogP) is 3.63. The third-order valence-corrected chi connectivity index (χ3v) is 2.89. The van der Waals surface area contributed by atoms with E-state index in [1.54, 1.807) is 12.1 Å². The van der Waals surface area contributed by atoms with Gasteiger partial charge in [0.05, 0.1) is 13.7 Å². The van der Waals surface area contributed by atoms with Crippen LogP contribution in [-0.4, -0.2) is 32.8 Å². The molecule has 0 saturated carbocycles. The Morgan fingerprint density at radius 2 is 1.92 bits per heavy atom. The summed E-state index contributed by atoms with van der Waals surface area (Å²) in [6.45, 7) is 5.18. The van der Waals surface area contributed by atoms with Crippen molar-refractivity contribution in [3.05, 3.63) is 23.8 Å². The SMILES string of the molecule is CCNC(=NCc1ccc(OC)c(OC(F)F)c1)NCC(C)C.I. The zero-order valence-corrected chi connectivity index (χ0v) is 16.8. The van der Waals surface area contributed by atoms with Gasteiger partial charge in [-0.2, -0.15) is 8.78 Å². The largest absolute Gasteiger partial charge is 0.493 e. The highest BCUT2D eigenvalue weighted by Crippen LogP contribution is 2.29. The number of halogens is 3. The summed E-state index contributed by atoms with van der Waals surface area (Å²) in [6, 6.07) is 4.88. The number of aliphatic imine (C=N–C) groups is 1. The highest BCUT2D eigenvalue weighted by Gasteiger charge is 2.11. The molecule has 0 heterocycles. The molecule has 24 heavy (non-hydrogen) atoms. The van der Waals surface area contributed by atoms with Crippen molar-refractivity contribution in [1.82, 2.24) is 10.6 Å². The molecule has 0 unspecified atom stereocenters. The highest BCUT2D eigenvalue weighted by molar-refractivity contribution is 14.0. The van der Waals surface area contributed by atoms with Crippen molar-refractivity contribution >= 4 is 29.9 Å². The summed E-state index contributed by atoms with van der Waals surface area (Å²) in [5, 5.41) is 6.36.